The number of nitrogen functional groups attached to an aromatic ring is 1. The van der Waals surface area contributed by atoms with Crippen LogP contribution in [0.1, 0.15) is 15.9 Å². The van der Waals surface area contributed by atoms with Crippen molar-refractivity contribution in [3.8, 4) is 5.69 Å². The van der Waals surface area contributed by atoms with Crippen molar-refractivity contribution in [2.45, 2.75) is 12.5 Å². The van der Waals surface area contributed by atoms with Gasteiger partial charge in [-0.05, 0) is 48.0 Å². The van der Waals surface area contributed by atoms with Crippen LogP contribution in [0.15, 0.2) is 70.3 Å². The van der Waals surface area contributed by atoms with Gasteiger partial charge < -0.3 is 20.8 Å². The van der Waals surface area contributed by atoms with E-state index >= 15 is 0 Å². The molecule has 0 unspecified atom stereocenters. The molecule has 1 aromatic heterocycles. The average Bonchev–Trinajstić information content (AvgIpc) is 2.84. The number of H-pyrrole nitrogens is 1. The number of nitrogens with two attached hydrogens (primary N) is 1. The Morgan fingerprint density at radius 2 is 1.72 bits per heavy atom. The Bertz CT molecular complexity index is 1580. The Balaban J connectivity index is 1.61. The second kappa shape index (κ2) is 10.3. The van der Waals surface area contributed by atoms with Gasteiger partial charge in [-0.15, -0.1) is 0 Å². The Labute approximate surface area is 214 Å². The molecule has 4 N–H and O–H groups in total. The van der Waals surface area contributed by atoms with E-state index in [0.29, 0.717) is 22.5 Å². The van der Waals surface area contributed by atoms with Gasteiger partial charge >= 0.3 is 11.7 Å². The molecule has 0 aliphatic carbocycles. The molecule has 4 rings (SSSR count). The zero-order chi connectivity index (χ0) is 26.0. The van der Waals surface area contributed by atoms with Crippen molar-refractivity contribution in [1.82, 2.24) is 14.9 Å². The topological polar surface area (TPSA) is 136 Å². The van der Waals surface area contributed by atoms with Gasteiger partial charge in [0.1, 0.15) is 6.04 Å². The van der Waals surface area contributed by atoms with Crippen LogP contribution in [0, 0.1) is 0 Å². The number of carbonyl (C=O) groups excluding carboxylic acids is 2. The first-order valence-corrected chi connectivity index (χ1v) is 11.4. The van der Waals surface area contributed by atoms with Crippen LogP contribution >= 0.6 is 23.2 Å². The third-order valence-electron chi connectivity index (χ3n) is 5.54. The SMILES string of the molecule is COC(=O)[C@H](Cc1ccc(-n2c(=O)[nH]c3ccc(N)cc3c2=O)cc1)NC(=O)c1c(Cl)cccc1Cl. The lowest BCUT2D eigenvalue weighted by Crippen LogP contribution is -2.43. The van der Waals surface area contributed by atoms with Crippen LogP contribution in [0.2, 0.25) is 10.0 Å². The first kappa shape index (κ1) is 25.0. The number of rotatable bonds is 6. The van der Waals surface area contributed by atoms with Crippen molar-refractivity contribution in [1.29, 1.82) is 0 Å². The molecule has 0 spiro atoms. The van der Waals surface area contributed by atoms with Crippen molar-refractivity contribution in [2.24, 2.45) is 0 Å². The number of carbonyl (C=O) groups is 2. The molecule has 9 nitrogen and oxygen atoms in total. The highest BCUT2D eigenvalue weighted by Gasteiger charge is 2.25. The van der Waals surface area contributed by atoms with Gasteiger partial charge in [-0.25, -0.2) is 14.2 Å². The van der Waals surface area contributed by atoms with E-state index in [1.165, 1.54) is 25.3 Å². The molecule has 1 heterocycles. The summed E-state index contributed by atoms with van der Waals surface area (Å²) in [6.07, 6.45) is 0.0697. The fraction of sp³-hybridized carbons (Fsp3) is 0.120. The van der Waals surface area contributed by atoms with Crippen molar-refractivity contribution in [2.75, 3.05) is 12.8 Å². The minimum Gasteiger partial charge on any atom is -0.467 e. The number of halogens is 2. The standard InChI is InChI=1S/C25H20Cl2N4O5/c1-36-24(34)20(29-22(32)21-17(26)3-2-4-18(21)27)11-13-5-8-15(9-6-13)31-23(33)16-12-14(28)7-10-19(16)30-25(31)35/h2-10,12,20H,11,28H2,1H3,(H,29,32)(H,30,35)/t20-/m0/s1. The smallest absolute Gasteiger partial charge is 0.333 e. The van der Waals surface area contributed by atoms with E-state index in [0.717, 1.165) is 4.57 Å². The molecule has 3 aromatic carbocycles. The van der Waals surface area contributed by atoms with E-state index in [1.807, 2.05) is 0 Å². The molecule has 0 fully saturated rings. The van der Waals surface area contributed by atoms with Gasteiger partial charge in [-0.2, -0.15) is 0 Å². The molecule has 184 valence electrons. The van der Waals surface area contributed by atoms with Crippen LogP contribution in [0.3, 0.4) is 0 Å². The number of esters is 1. The minimum absolute atomic E-state index is 0.0422. The fourth-order valence-electron chi connectivity index (χ4n) is 3.76. The quantitative estimate of drug-likeness (QED) is 0.261. The highest BCUT2D eigenvalue weighted by molar-refractivity contribution is 6.39. The minimum atomic E-state index is -1.05. The van der Waals surface area contributed by atoms with Gasteiger partial charge in [0.15, 0.2) is 0 Å². The highest BCUT2D eigenvalue weighted by atomic mass is 35.5. The summed E-state index contributed by atoms with van der Waals surface area (Å²) in [5, 5.41) is 3.15. The van der Waals surface area contributed by atoms with Gasteiger partial charge in [0.25, 0.3) is 11.5 Å². The lowest BCUT2D eigenvalue weighted by Gasteiger charge is -2.18. The number of hydrogen-bond acceptors (Lipinski definition) is 6. The zero-order valence-electron chi connectivity index (χ0n) is 18.9. The molecule has 0 aliphatic heterocycles. The zero-order valence-corrected chi connectivity index (χ0v) is 20.4. The Morgan fingerprint density at radius 3 is 2.36 bits per heavy atom. The molecule has 36 heavy (non-hydrogen) atoms. The molecule has 11 heteroatoms. The van der Waals surface area contributed by atoms with Crippen LogP contribution in [0.5, 0.6) is 0 Å². The molecule has 4 aromatic rings. The Hall–Kier alpha value is -4.08. The second-order valence-electron chi connectivity index (χ2n) is 7.89. The maximum absolute atomic E-state index is 13.0. The Morgan fingerprint density at radius 1 is 1.06 bits per heavy atom. The number of ether oxygens (including phenoxy) is 1. The van der Waals surface area contributed by atoms with Gasteiger partial charge in [-0.3, -0.25) is 9.59 Å². The molecule has 0 saturated carbocycles. The third kappa shape index (κ3) is 4.98. The fourth-order valence-corrected chi connectivity index (χ4v) is 4.33. The molecule has 0 bridgehead atoms. The summed E-state index contributed by atoms with van der Waals surface area (Å²) in [5.74, 6) is -1.30. The monoisotopic (exact) mass is 526 g/mol. The average molecular weight is 527 g/mol. The summed E-state index contributed by atoms with van der Waals surface area (Å²) in [7, 11) is 1.21. The number of benzene rings is 3. The molecule has 0 radical (unpaired) electrons. The third-order valence-corrected chi connectivity index (χ3v) is 6.17. The van der Waals surface area contributed by atoms with E-state index in [1.54, 1.807) is 42.5 Å². The number of aromatic amines is 1. The predicted octanol–water partition coefficient (Wildman–Crippen LogP) is 3.08. The van der Waals surface area contributed by atoms with Crippen molar-refractivity contribution >= 4 is 51.7 Å². The van der Waals surface area contributed by atoms with Crippen LogP contribution in [0.4, 0.5) is 5.69 Å². The summed E-state index contributed by atoms with van der Waals surface area (Å²) >= 11 is 12.2. The number of amides is 1. The largest absolute Gasteiger partial charge is 0.467 e. The molecular weight excluding hydrogens is 507 g/mol. The summed E-state index contributed by atoms with van der Waals surface area (Å²) < 4.78 is 5.83. The molecule has 1 amide bonds. The van der Waals surface area contributed by atoms with Crippen molar-refractivity contribution < 1.29 is 14.3 Å². The van der Waals surface area contributed by atoms with E-state index in [-0.39, 0.29) is 27.4 Å². The van der Waals surface area contributed by atoms with E-state index in [4.69, 9.17) is 33.7 Å². The van der Waals surface area contributed by atoms with E-state index < -0.39 is 29.2 Å². The number of anilines is 1. The van der Waals surface area contributed by atoms with Crippen LogP contribution in [-0.4, -0.2) is 34.6 Å². The van der Waals surface area contributed by atoms with E-state index in [9.17, 15) is 19.2 Å². The first-order chi connectivity index (χ1) is 17.2. The van der Waals surface area contributed by atoms with Crippen molar-refractivity contribution in [3.63, 3.8) is 0 Å². The highest BCUT2D eigenvalue weighted by Crippen LogP contribution is 2.24. The molecular formula is C25H20Cl2N4O5. The predicted molar refractivity (Wildman–Crippen MR) is 138 cm³/mol. The molecule has 0 aliphatic rings. The number of nitrogens with one attached hydrogen (secondary N) is 2. The summed E-state index contributed by atoms with van der Waals surface area (Å²) in [6.45, 7) is 0. The van der Waals surface area contributed by atoms with Gasteiger partial charge in [-0.1, -0.05) is 41.4 Å². The van der Waals surface area contributed by atoms with Crippen molar-refractivity contribution in [3.05, 3.63) is 103 Å². The maximum atomic E-state index is 13.0. The van der Waals surface area contributed by atoms with Crippen LogP contribution < -0.4 is 22.3 Å². The van der Waals surface area contributed by atoms with Crippen LogP contribution in [-0.2, 0) is 16.0 Å². The van der Waals surface area contributed by atoms with E-state index in [2.05, 4.69) is 10.3 Å². The number of aromatic nitrogens is 2. The summed E-state index contributed by atoms with van der Waals surface area (Å²) in [6, 6.07) is 14.6. The number of fused-ring (bicyclic) bond motifs is 1. The second-order valence-corrected chi connectivity index (χ2v) is 8.71. The van der Waals surface area contributed by atoms with Gasteiger partial charge in [0.2, 0.25) is 0 Å². The number of nitrogens with zero attached hydrogens (tertiary/aromatic N) is 1. The molecule has 0 saturated heterocycles. The Kier molecular flexibility index (Phi) is 7.14. The van der Waals surface area contributed by atoms with Gasteiger partial charge in [0, 0.05) is 12.1 Å². The number of methoxy groups -OCH3 is 1. The van der Waals surface area contributed by atoms with Crippen LogP contribution in [0.25, 0.3) is 16.6 Å². The lowest BCUT2D eigenvalue weighted by atomic mass is 10.0. The van der Waals surface area contributed by atoms with Gasteiger partial charge in [0.05, 0.1) is 39.3 Å². The summed E-state index contributed by atoms with van der Waals surface area (Å²) in [4.78, 5) is 53.4. The normalized spacial score (nSPS) is 11.8. The lowest BCUT2D eigenvalue weighted by molar-refractivity contribution is -0.142. The first-order valence-electron chi connectivity index (χ1n) is 10.7. The number of hydrogen-bond donors (Lipinski definition) is 3. The maximum Gasteiger partial charge on any atom is 0.333 e. The molecule has 1 atom stereocenters. The summed E-state index contributed by atoms with van der Waals surface area (Å²) in [5.41, 5.74) is 6.41.